The number of aliphatic hydroxyl groups excluding tert-OH is 1. The van der Waals surface area contributed by atoms with Crippen molar-refractivity contribution in [2.75, 3.05) is 14.2 Å². The van der Waals surface area contributed by atoms with Gasteiger partial charge < -0.3 is 14.6 Å². The standard InChI is InChI=1S/C25H30N2O5/c1-5-15(2)9-6-14-20(28)21(25(30)32-4)16-10-7-12-18-22(16)26-19-13-8-11-17(23(19)27-18)24(29)31-3/h7-8,10-13,15,20-21,28H,5-6,9,14H2,1-4H3. The molecule has 2 aromatic carbocycles. The summed E-state index contributed by atoms with van der Waals surface area (Å²) >= 11 is 0. The molecule has 3 atom stereocenters. The summed E-state index contributed by atoms with van der Waals surface area (Å²) in [6.45, 7) is 4.32. The molecule has 3 rings (SSSR count). The van der Waals surface area contributed by atoms with Crippen LogP contribution in [0.25, 0.3) is 22.1 Å². The number of hydrogen-bond donors (Lipinski definition) is 1. The average molecular weight is 439 g/mol. The van der Waals surface area contributed by atoms with Gasteiger partial charge in [0.25, 0.3) is 0 Å². The molecule has 1 heterocycles. The van der Waals surface area contributed by atoms with Crippen LogP contribution in [0.3, 0.4) is 0 Å². The highest BCUT2D eigenvalue weighted by atomic mass is 16.5. The second-order valence-electron chi connectivity index (χ2n) is 8.12. The predicted molar refractivity (Wildman–Crippen MR) is 122 cm³/mol. The van der Waals surface area contributed by atoms with Crippen molar-refractivity contribution in [1.29, 1.82) is 0 Å². The zero-order valence-corrected chi connectivity index (χ0v) is 19.0. The Morgan fingerprint density at radius 2 is 1.62 bits per heavy atom. The second kappa shape index (κ2) is 10.5. The van der Waals surface area contributed by atoms with E-state index >= 15 is 0 Å². The molecular weight excluding hydrogens is 408 g/mol. The van der Waals surface area contributed by atoms with Crippen LogP contribution in [-0.2, 0) is 14.3 Å². The van der Waals surface area contributed by atoms with Crippen LogP contribution >= 0.6 is 0 Å². The number of fused-ring (bicyclic) bond motifs is 2. The van der Waals surface area contributed by atoms with Crippen LogP contribution in [0.4, 0.5) is 0 Å². The van der Waals surface area contributed by atoms with Crippen LogP contribution < -0.4 is 0 Å². The molecule has 3 aromatic rings. The van der Waals surface area contributed by atoms with Crippen molar-refractivity contribution in [2.24, 2.45) is 5.92 Å². The van der Waals surface area contributed by atoms with Gasteiger partial charge in [0.05, 0.1) is 42.4 Å². The van der Waals surface area contributed by atoms with E-state index < -0.39 is 24.0 Å². The first-order chi connectivity index (χ1) is 15.4. The molecule has 1 aromatic heterocycles. The molecule has 0 bridgehead atoms. The van der Waals surface area contributed by atoms with E-state index in [-0.39, 0.29) is 0 Å². The molecule has 170 valence electrons. The molecule has 0 aliphatic heterocycles. The molecule has 0 aliphatic carbocycles. The molecule has 0 saturated carbocycles. The number of esters is 2. The first-order valence-corrected chi connectivity index (χ1v) is 10.9. The van der Waals surface area contributed by atoms with Crippen LogP contribution in [0.1, 0.15) is 61.4 Å². The van der Waals surface area contributed by atoms with Crippen molar-refractivity contribution in [1.82, 2.24) is 9.97 Å². The molecule has 7 nitrogen and oxygen atoms in total. The highest BCUT2D eigenvalue weighted by Gasteiger charge is 2.31. The van der Waals surface area contributed by atoms with Crippen molar-refractivity contribution in [2.45, 2.75) is 51.6 Å². The van der Waals surface area contributed by atoms with Gasteiger partial charge in [-0.3, -0.25) is 4.79 Å². The molecule has 7 heteroatoms. The fraction of sp³-hybridized carbons (Fsp3) is 0.440. The van der Waals surface area contributed by atoms with Gasteiger partial charge in [-0.15, -0.1) is 0 Å². The van der Waals surface area contributed by atoms with E-state index in [0.29, 0.717) is 45.5 Å². The van der Waals surface area contributed by atoms with E-state index in [0.717, 1.165) is 19.3 Å². The molecule has 0 amide bonds. The van der Waals surface area contributed by atoms with Crippen molar-refractivity contribution in [3.63, 3.8) is 0 Å². The normalized spacial score (nSPS) is 14.2. The molecule has 32 heavy (non-hydrogen) atoms. The maximum absolute atomic E-state index is 12.7. The molecule has 0 fully saturated rings. The summed E-state index contributed by atoms with van der Waals surface area (Å²) in [5.41, 5.74) is 2.82. The Hall–Kier alpha value is -3.06. The van der Waals surface area contributed by atoms with E-state index in [1.165, 1.54) is 14.2 Å². The van der Waals surface area contributed by atoms with Crippen LogP contribution in [-0.4, -0.2) is 47.3 Å². The fourth-order valence-electron chi connectivity index (χ4n) is 3.93. The van der Waals surface area contributed by atoms with Crippen molar-refractivity contribution in [3.8, 4) is 0 Å². The quantitative estimate of drug-likeness (QED) is 0.390. The smallest absolute Gasteiger partial charge is 0.340 e. The summed E-state index contributed by atoms with van der Waals surface area (Å²) in [4.78, 5) is 34.2. The summed E-state index contributed by atoms with van der Waals surface area (Å²) in [6.07, 6.45) is 2.45. The number of aromatic nitrogens is 2. The van der Waals surface area contributed by atoms with E-state index in [1.54, 1.807) is 36.4 Å². The maximum atomic E-state index is 12.7. The lowest BCUT2D eigenvalue weighted by molar-refractivity contribution is -0.145. The second-order valence-corrected chi connectivity index (χ2v) is 8.12. The van der Waals surface area contributed by atoms with Crippen molar-refractivity contribution in [3.05, 3.63) is 47.5 Å². The Morgan fingerprint density at radius 1 is 0.969 bits per heavy atom. The molecule has 0 aliphatic rings. The van der Waals surface area contributed by atoms with Gasteiger partial charge in [-0.1, -0.05) is 51.3 Å². The molecule has 0 radical (unpaired) electrons. The van der Waals surface area contributed by atoms with Crippen molar-refractivity contribution >= 4 is 34.0 Å². The monoisotopic (exact) mass is 438 g/mol. The third-order valence-electron chi connectivity index (χ3n) is 6.00. The lowest BCUT2D eigenvalue weighted by Gasteiger charge is -2.22. The maximum Gasteiger partial charge on any atom is 0.340 e. The van der Waals surface area contributed by atoms with Gasteiger partial charge in [0.1, 0.15) is 11.4 Å². The van der Waals surface area contributed by atoms with Gasteiger partial charge in [-0.05, 0) is 36.1 Å². The number of methoxy groups -OCH3 is 2. The minimum atomic E-state index is -0.906. The van der Waals surface area contributed by atoms with Crippen molar-refractivity contribution < 1.29 is 24.2 Å². The Morgan fingerprint density at radius 3 is 2.28 bits per heavy atom. The Balaban J connectivity index is 2.07. The zero-order chi connectivity index (χ0) is 23.3. The molecule has 3 unspecified atom stereocenters. The fourth-order valence-corrected chi connectivity index (χ4v) is 3.93. The Kier molecular flexibility index (Phi) is 7.75. The van der Waals surface area contributed by atoms with E-state index in [4.69, 9.17) is 14.5 Å². The highest BCUT2D eigenvalue weighted by Crippen LogP contribution is 2.31. The van der Waals surface area contributed by atoms with Crippen LogP contribution in [0.5, 0.6) is 0 Å². The molecule has 0 saturated heterocycles. The first kappa shape index (κ1) is 23.6. The highest BCUT2D eigenvalue weighted by molar-refractivity contribution is 6.03. The average Bonchev–Trinajstić information content (AvgIpc) is 2.81. The lowest BCUT2D eigenvalue weighted by atomic mass is 9.88. The van der Waals surface area contributed by atoms with Gasteiger partial charge in [-0.2, -0.15) is 0 Å². The summed E-state index contributed by atoms with van der Waals surface area (Å²) in [5, 5.41) is 11.0. The largest absolute Gasteiger partial charge is 0.468 e. The van der Waals surface area contributed by atoms with Gasteiger partial charge in [-0.25, -0.2) is 14.8 Å². The summed E-state index contributed by atoms with van der Waals surface area (Å²) < 4.78 is 9.89. The summed E-state index contributed by atoms with van der Waals surface area (Å²) in [7, 11) is 2.63. The van der Waals surface area contributed by atoms with E-state index in [2.05, 4.69) is 18.8 Å². The number of carbonyl (C=O) groups is 2. The molecule has 1 N–H and O–H groups in total. The number of hydrogen-bond acceptors (Lipinski definition) is 7. The van der Waals surface area contributed by atoms with Crippen LogP contribution in [0.15, 0.2) is 36.4 Å². The van der Waals surface area contributed by atoms with Gasteiger partial charge in [0.15, 0.2) is 0 Å². The molecule has 0 spiro atoms. The number of ether oxygens (including phenoxy) is 2. The number of carbonyl (C=O) groups excluding carboxylic acids is 2. The topological polar surface area (TPSA) is 98.6 Å². The number of benzene rings is 2. The first-order valence-electron chi connectivity index (χ1n) is 10.9. The zero-order valence-electron chi connectivity index (χ0n) is 19.0. The number of aliphatic hydroxyl groups is 1. The number of rotatable bonds is 9. The minimum Gasteiger partial charge on any atom is -0.468 e. The minimum absolute atomic E-state index is 0.319. The lowest BCUT2D eigenvalue weighted by Crippen LogP contribution is -2.28. The SMILES string of the molecule is CCC(C)CCCC(O)C(C(=O)OC)c1cccc2nc3c(C(=O)OC)cccc3nc12. The summed E-state index contributed by atoms with van der Waals surface area (Å²) in [5.74, 6) is -1.32. The third kappa shape index (κ3) is 4.88. The third-order valence-corrected chi connectivity index (χ3v) is 6.00. The van der Waals surface area contributed by atoms with Gasteiger partial charge in [0, 0.05) is 0 Å². The van der Waals surface area contributed by atoms with Crippen LogP contribution in [0.2, 0.25) is 0 Å². The predicted octanol–water partition coefficient (Wildman–Crippen LogP) is 4.40. The van der Waals surface area contributed by atoms with Crippen LogP contribution in [0, 0.1) is 5.92 Å². The van der Waals surface area contributed by atoms with E-state index in [1.807, 2.05) is 0 Å². The Bertz CT molecular complexity index is 1110. The van der Waals surface area contributed by atoms with E-state index in [9.17, 15) is 14.7 Å². The van der Waals surface area contributed by atoms with Gasteiger partial charge >= 0.3 is 11.9 Å². The number of para-hydroxylation sites is 2. The van der Waals surface area contributed by atoms with Gasteiger partial charge in [0.2, 0.25) is 0 Å². The summed E-state index contributed by atoms with van der Waals surface area (Å²) in [6, 6.07) is 10.4. The molecular formula is C25H30N2O5. The number of nitrogens with zero attached hydrogens (tertiary/aromatic N) is 2. The Labute approximate surface area is 187 Å².